The molecule has 0 spiro atoms. The summed E-state index contributed by atoms with van der Waals surface area (Å²) in [5.74, 6) is -1.30. The Bertz CT molecular complexity index is 892. The summed E-state index contributed by atoms with van der Waals surface area (Å²) in [4.78, 5) is 24.3. The zero-order chi connectivity index (χ0) is 18.4. The van der Waals surface area contributed by atoms with Crippen molar-refractivity contribution in [1.29, 1.82) is 5.26 Å². The number of esters is 1. The topological polar surface area (TPSA) is 96.3 Å². The summed E-state index contributed by atoms with van der Waals surface area (Å²) in [6.45, 7) is -0.513. The number of ether oxygens (including phenoxy) is 1. The molecule has 128 valence electrons. The summed E-state index contributed by atoms with van der Waals surface area (Å²) in [7, 11) is -1.36. The molecule has 25 heavy (non-hydrogen) atoms. The van der Waals surface area contributed by atoms with Crippen LogP contribution in [0.1, 0.15) is 15.9 Å². The van der Waals surface area contributed by atoms with Gasteiger partial charge in [-0.3, -0.25) is 9.00 Å². The second-order valence-corrected chi connectivity index (χ2v) is 6.64. The molecule has 6 nitrogen and oxygen atoms in total. The third-order valence-electron chi connectivity index (χ3n) is 3.12. The Labute approximate surface area is 151 Å². The predicted octanol–water partition coefficient (Wildman–Crippen LogP) is 2.74. The van der Waals surface area contributed by atoms with Crippen molar-refractivity contribution in [3.05, 3.63) is 58.6 Å². The Kier molecular flexibility index (Phi) is 6.28. The molecule has 1 amide bonds. The summed E-state index contributed by atoms with van der Waals surface area (Å²) in [6, 6.07) is 12.6. The van der Waals surface area contributed by atoms with E-state index >= 15 is 0 Å². The lowest BCUT2D eigenvalue weighted by molar-refractivity contribution is -0.119. The van der Waals surface area contributed by atoms with Gasteiger partial charge in [-0.2, -0.15) is 5.26 Å². The number of halogens is 1. The first-order valence-corrected chi connectivity index (χ1v) is 8.95. The second kappa shape index (κ2) is 8.42. The lowest BCUT2D eigenvalue weighted by Crippen LogP contribution is -2.21. The largest absolute Gasteiger partial charge is 0.452 e. The van der Waals surface area contributed by atoms with E-state index < -0.39 is 29.3 Å². The Morgan fingerprint density at radius 3 is 2.64 bits per heavy atom. The number of nitriles is 1. The molecule has 0 unspecified atom stereocenters. The molecule has 2 aromatic carbocycles. The fourth-order valence-electron chi connectivity index (χ4n) is 1.98. The van der Waals surface area contributed by atoms with Crippen molar-refractivity contribution < 1.29 is 18.5 Å². The summed E-state index contributed by atoms with van der Waals surface area (Å²) >= 11 is 5.88. The lowest BCUT2D eigenvalue weighted by Gasteiger charge is -2.09. The summed E-state index contributed by atoms with van der Waals surface area (Å²) < 4.78 is 16.6. The van der Waals surface area contributed by atoms with Crippen molar-refractivity contribution in [2.75, 3.05) is 18.2 Å². The minimum Gasteiger partial charge on any atom is -0.452 e. The molecule has 0 aliphatic rings. The highest BCUT2D eigenvalue weighted by molar-refractivity contribution is 7.84. The molecule has 0 saturated heterocycles. The van der Waals surface area contributed by atoms with Crippen LogP contribution in [-0.2, 0) is 20.3 Å². The van der Waals surface area contributed by atoms with Crippen molar-refractivity contribution in [1.82, 2.24) is 0 Å². The molecule has 0 heterocycles. The van der Waals surface area contributed by atoms with Crippen molar-refractivity contribution >= 4 is 40.0 Å². The van der Waals surface area contributed by atoms with Crippen LogP contribution in [0.4, 0.5) is 5.69 Å². The molecule has 1 atom stereocenters. The number of nitrogens with one attached hydrogen (secondary N) is 1. The average Bonchev–Trinajstić information content (AvgIpc) is 2.59. The van der Waals surface area contributed by atoms with Crippen LogP contribution in [0.5, 0.6) is 0 Å². The maximum atomic E-state index is 12.1. The predicted molar refractivity (Wildman–Crippen MR) is 93.9 cm³/mol. The van der Waals surface area contributed by atoms with Crippen LogP contribution in [0, 0.1) is 11.3 Å². The number of carbonyl (C=O) groups excluding carboxylic acids is 2. The van der Waals surface area contributed by atoms with E-state index in [0.29, 0.717) is 10.6 Å². The van der Waals surface area contributed by atoms with E-state index in [-0.39, 0.29) is 16.1 Å². The number of anilines is 1. The third kappa shape index (κ3) is 4.89. The Hall–Kier alpha value is -2.69. The smallest absolute Gasteiger partial charge is 0.339 e. The summed E-state index contributed by atoms with van der Waals surface area (Å²) in [6.07, 6.45) is 1.45. The third-order valence-corrected chi connectivity index (χ3v) is 4.41. The first-order chi connectivity index (χ1) is 11.9. The van der Waals surface area contributed by atoms with Gasteiger partial charge >= 0.3 is 5.97 Å². The van der Waals surface area contributed by atoms with Gasteiger partial charge in [0.2, 0.25) is 0 Å². The Morgan fingerprint density at radius 2 is 2.00 bits per heavy atom. The standard InChI is InChI=1S/C17H13ClN2O4S/c1-25(23)15-5-3-2-4-13(15)17(22)24-10-16(21)20-12-7-6-11(9-19)14(18)8-12/h2-8H,10H2,1H3,(H,20,21)/t25-/m0/s1. The molecule has 2 aromatic rings. The Balaban J connectivity index is 1.98. The summed E-state index contributed by atoms with van der Waals surface area (Å²) in [5, 5.41) is 11.5. The molecule has 0 fully saturated rings. The molecular formula is C17H13ClN2O4S. The molecule has 0 aromatic heterocycles. The SMILES string of the molecule is C[S@](=O)c1ccccc1C(=O)OCC(=O)Nc1ccc(C#N)c(Cl)c1. The van der Waals surface area contributed by atoms with Crippen molar-refractivity contribution in [2.45, 2.75) is 4.90 Å². The van der Waals surface area contributed by atoms with Crippen LogP contribution < -0.4 is 5.32 Å². The van der Waals surface area contributed by atoms with Gasteiger partial charge < -0.3 is 10.1 Å². The van der Waals surface area contributed by atoms with E-state index in [2.05, 4.69) is 5.32 Å². The van der Waals surface area contributed by atoms with E-state index in [1.165, 1.54) is 30.5 Å². The monoisotopic (exact) mass is 376 g/mol. The molecule has 0 radical (unpaired) electrons. The van der Waals surface area contributed by atoms with Gasteiger partial charge in [0.25, 0.3) is 5.91 Å². The van der Waals surface area contributed by atoms with Crippen molar-refractivity contribution in [3.63, 3.8) is 0 Å². The van der Waals surface area contributed by atoms with Gasteiger partial charge in [0.15, 0.2) is 6.61 Å². The fourth-order valence-corrected chi connectivity index (χ4v) is 2.93. The molecule has 8 heteroatoms. The van der Waals surface area contributed by atoms with Crippen molar-refractivity contribution in [2.24, 2.45) is 0 Å². The highest BCUT2D eigenvalue weighted by Gasteiger charge is 2.16. The Morgan fingerprint density at radius 1 is 1.28 bits per heavy atom. The number of rotatable bonds is 5. The highest BCUT2D eigenvalue weighted by atomic mass is 35.5. The number of amides is 1. The number of carbonyl (C=O) groups is 2. The quantitative estimate of drug-likeness (QED) is 0.809. The van der Waals surface area contributed by atoms with E-state index in [9.17, 15) is 13.8 Å². The molecular weight excluding hydrogens is 364 g/mol. The normalized spacial score (nSPS) is 11.2. The molecule has 2 rings (SSSR count). The maximum absolute atomic E-state index is 12.1. The van der Waals surface area contributed by atoms with Gasteiger partial charge in [0.05, 0.1) is 31.8 Å². The highest BCUT2D eigenvalue weighted by Crippen LogP contribution is 2.20. The molecule has 0 bridgehead atoms. The van der Waals surface area contributed by atoms with E-state index in [4.69, 9.17) is 21.6 Å². The number of nitrogens with zero attached hydrogens (tertiary/aromatic N) is 1. The van der Waals surface area contributed by atoms with Gasteiger partial charge in [-0.05, 0) is 30.3 Å². The number of benzene rings is 2. The number of hydrogen-bond acceptors (Lipinski definition) is 5. The van der Waals surface area contributed by atoms with Gasteiger partial charge in [-0.25, -0.2) is 4.79 Å². The van der Waals surface area contributed by atoms with Crippen LogP contribution in [-0.4, -0.2) is 28.9 Å². The molecule has 0 saturated carbocycles. The second-order valence-electron chi connectivity index (χ2n) is 4.88. The zero-order valence-electron chi connectivity index (χ0n) is 13.1. The van der Waals surface area contributed by atoms with Gasteiger partial charge in [-0.1, -0.05) is 23.7 Å². The van der Waals surface area contributed by atoms with E-state index in [1.807, 2.05) is 6.07 Å². The minimum absolute atomic E-state index is 0.151. The van der Waals surface area contributed by atoms with Crippen molar-refractivity contribution in [3.8, 4) is 6.07 Å². The van der Waals surface area contributed by atoms with E-state index in [1.54, 1.807) is 18.2 Å². The number of hydrogen-bond donors (Lipinski definition) is 1. The molecule has 0 aliphatic carbocycles. The average molecular weight is 377 g/mol. The summed E-state index contributed by atoms with van der Waals surface area (Å²) in [5.41, 5.74) is 0.813. The first kappa shape index (κ1) is 18.6. The van der Waals surface area contributed by atoms with Crippen LogP contribution >= 0.6 is 11.6 Å². The van der Waals surface area contributed by atoms with E-state index in [0.717, 1.165) is 0 Å². The van der Waals surface area contributed by atoms with Crippen LogP contribution in [0.2, 0.25) is 5.02 Å². The van der Waals surface area contributed by atoms with Crippen LogP contribution in [0.15, 0.2) is 47.4 Å². The minimum atomic E-state index is -1.36. The fraction of sp³-hybridized carbons (Fsp3) is 0.118. The van der Waals surface area contributed by atoms with Gasteiger partial charge in [0.1, 0.15) is 6.07 Å². The van der Waals surface area contributed by atoms with Crippen LogP contribution in [0.25, 0.3) is 0 Å². The van der Waals surface area contributed by atoms with Gasteiger partial charge in [-0.15, -0.1) is 0 Å². The lowest BCUT2D eigenvalue weighted by atomic mass is 10.2. The first-order valence-electron chi connectivity index (χ1n) is 7.01. The van der Waals surface area contributed by atoms with Gasteiger partial charge in [0, 0.05) is 11.9 Å². The van der Waals surface area contributed by atoms with Crippen LogP contribution in [0.3, 0.4) is 0 Å². The molecule has 1 N–H and O–H groups in total. The zero-order valence-corrected chi connectivity index (χ0v) is 14.7. The maximum Gasteiger partial charge on any atom is 0.339 e. The molecule has 0 aliphatic heterocycles.